The van der Waals surface area contributed by atoms with E-state index in [1.54, 1.807) is 0 Å². The second kappa shape index (κ2) is 6.72. The number of hydrogen-bond donors (Lipinski definition) is 0. The van der Waals surface area contributed by atoms with Gasteiger partial charge in [0.05, 0.1) is 6.61 Å². The number of hydrogen-bond acceptors (Lipinski definition) is 2. The Morgan fingerprint density at radius 3 is 2.27 bits per heavy atom. The third-order valence-corrected chi connectivity index (χ3v) is 2.39. The fourth-order valence-electron chi connectivity index (χ4n) is 0.946. The fourth-order valence-corrected chi connectivity index (χ4v) is 1.77. The SMILES string of the molecule is C=CCCCOC(O[Si](C)(C)C)=C(C)C. The average Bonchev–Trinajstić information content (AvgIpc) is 2.08. The first-order chi connectivity index (χ1) is 6.87. The molecule has 0 aliphatic carbocycles. The maximum absolute atomic E-state index is 5.85. The zero-order chi connectivity index (χ0) is 11.9. The number of allylic oxidation sites excluding steroid dienone is 2. The third-order valence-electron chi connectivity index (χ3n) is 1.59. The summed E-state index contributed by atoms with van der Waals surface area (Å²) in [5, 5.41) is 0. The monoisotopic (exact) mass is 228 g/mol. The standard InChI is InChI=1S/C12H24O2Si/c1-7-8-9-10-13-12(11(2)3)14-15(4,5)6/h7H,1,8-10H2,2-6H3. The van der Waals surface area contributed by atoms with Gasteiger partial charge < -0.3 is 9.16 Å². The van der Waals surface area contributed by atoms with Gasteiger partial charge in [0.2, 0.25) is 8.32 Å². The zero-order valence-electron chi connectivity index (χ0n) is 10.7. The Labute approximate surface area is 95.1 Å². The van der Waals surface area contributed by atoms with Crippen molar-refractivity contribution >= 4 is 8.32 Å². The van der Waals surface area contributed by atoms with Crippen molar-refractivity contribution in [1.29, 1.82) is 0 Å². The van der Waals surface area contributed by atoms with E-state index in [1.165, 1.54) is 0 Å². The van der Waals surface area contributed by atoms with Crippen LogP contribution >= 0.6 is 0 Å². The summed E-state index contributed by atoms with van der Waals surface area (Å²) >= 11 is 0. The Bertz CT molecular complexity index is 222. The smallest absolute Gasteiger partial charge is 0.263 e. The van der Waals surface area contributed by atoms with E-state index in [0.717, 1.165) is 24.4 Å². The highest BCUT2D eigenvalue weighted by atomic mass is 28.4. The first-order valence-corrected chi connectivity index (χ1v) is 8.88. The van der Waals surface area contributed by atoms with Crippen molar-refractivity contribution in [3.8, 4) is 0 Å². The van der Waals surface area contributed by atoms with Gasteiger partial charge in [0.1, 0.15) is 0 Å². The summed E-state index contributed by atoms with van der Waals surface area (Å²) in [5.74, 6) is 0.721. The highest BCUT2D eigenvalue weighted by Crippen LogP contribution is 2.15. The van der Waals surface area contributed by atoms with Crippen LogP contribution < -0.4 is 0 Å². The van der Waals surface area contributed by atoms with Gasteiger partial charge in [0, 0.05) is 5.57 Å². The van der Waals surface area contributed by atoms with Gasteiger partial charge in [-0.05, 0) is 46.3 Å². The van der Waals surface area contributed by atoms with Gasteiger partial charge in [-0.25, -0.2) is 0 Å². The molecule has 0 aliphatic heterocycles. The molecule has 0 heterocycles. The van der Waals surface area contributed by atoms with Gasteiger partial charge in [-0.2, -0.15) is 0 Å². The van der Waals surface area contributed by atoms with E-state index in [9.17, 15) is 0 Å². The topological polar surface area (TPSA) is 18.5 Å². The van der Waals surface area contributed by atoms with Gasteiger partial charge in [-0.3, -0.25) is 0 Å². The molecule has 0 saturated carbocycles. The first-order valence-electron chi connectivity index (χ1n) is 5.47. The molecule has 0 N–H and O–H groups in total. The van der Waals surface area contributed by atoms with Crippen molar-refractivity contribution in [2.24, 2.45) is 0 Å². The van der Waals surface area contributed by atoms with Crippen LogP contribution in [0.25, 0.3) is 0 Å². The van der Waals surface area contributed by atoms with Gasteiger partial charge in [-0.1, -0.05) is 6.08 Å². The van der Waals surface area contributed by atoms with Crippen LogP contribution in [0.3, 0.4) is 0 Å². The van der Waals surface area contributed by atoms with Crippen LogP contribution in [0.4, 0.5) is 0 Å². The van der Waals surface area contributed by atoms with E-state index < -0.39 is 8.32 Å². The lowest BCUT2D eigenvalue weighted by Gasteiger charge is -2.22. The minimum Gasteiger partial charge on any atom is -0.520 e. The minimum atomic E-state index is -1.55. The molecule has 0 bridgehead atoms. The third kappa shape index (κ3) is 8.30. The lowest BCUT2D eigenvalue weighted by molar-refractivity contribution is 0.0973. The van der Waals surface area contributed by atoms with E-state index in [4.69, 9.17) is 9.16 Å². The van der Waals surface area contributed by atoms with Crippen molar-refractivity contribution in [3.63, 3.8) is 0 Å². The quantitative estimate of drug-likeness (QED) is 0.283. The maximum Gasteiger partial charge on any atom is 0.263 e. The minimum absolute atomic E-state index is 0.705. The summed E-state index contributed by atoms with van der Waals surface area (Å²) < 4.78 is 11.5. The molecule has 0 aliphatic rings. The van der Waals surface area contributed by atoms with Crippen LogP contribution in [0, 0.1) is 0 Å². The van der Waals surface area contributed by atoms with Crippen molar-refractivity contribution in [2.75, 3.05) is 6.61 Å². The lowest BCUT2D eigenvalue weighted by atomic mass is 10.3. The number of rotatable bonds is 7. The van der Waals surface area contributed by atoms with Crippen molar-refractivity contribution in [2.45, 2.75) is 46.3 Å². The van der Waals surface area contributed by atoms with Gasteiger partial charge in [0.15, 0.2) is 0 Å². The van der Waals surface area contributed by atoms with E-state index in [0.29, 0.717) is 6.61 Å². The molecule has 0 saturated heterocycles. The Balaban J connectivity index is 4.09. The molecule has 0 aromatic heterocycles. The summed E-state index contributed by atoms with van der Waals surface area (Å²) in [4.78, 5) is 0. The highest BCUT2D eigenvalue weighted by molar-refractivity contribution is 6.70. The molecule has 0 amide bonds. The molecular weight excluding hydrogens is 204 g/mol. The predicted molar refractivity (Wildman–Crippen MR) is 68.2 cm³/mol. The Kier molecular flexibility index (Phi) is 6.41. The van der Waals surface area contributed by atoms with E-state index in [2.05, 4.69) is 26.2 Å². The molecule has 0 aromatic carbocycles. The van der Waals surface area contributed by atoms with Crippen LogP contribution in [-0.4, -0.2) is 14.9 Å². The van der Waals surface area contributed by atoms with Crippen LogP contribution in [0.15, 0.2) is 24.2 Å². The zero-order valence-corrected chi connectivity index (χ0v) is 11.7. The second-order valence-corrected chi connectivity index (χ2v) is 9.21. The molecule has 0 spiro atoms. The lowest BCUT2D eigenvalue weighted by Crippen LogP contribution is -2.26. The molecule has 0 radical (unpaired) electrons. The van der Waals surface area contributed by atoms with Crippen LogP contribution in [0.2, 0.25) is 19.6 Å². The van der Waals surface area contributed by atoms with Crippen LogP contribution in [0.5, 0.6) is 0 Å². The van der Waals surface area contributed by atoms with Crippen molar-refractivity contribution in [3.05, 3.63) is 24.2 Å². The Morgan fingerprint density at radius 2 is 1.87 bits per heavy atom. The van der Waals surface area contributed by atoms with E-state index >= 15 is 0 Å². The molecular formula is C12H24O2Si. The van der Waals surface area contributed by atoms with Crippen LogP contribution in [-0.2, 0) is 9.16 Å². The summed E-state index contributed by atoms with van der Waals surface area (Å²) in [6.07, 6.45) is 3.89. The van der Waals surface area contributed by atoms with Gasteiger partial charge >= 0.3 is 0 Å². The summed E-state index contributed by atoms with van der Waals surface area (Å²) in [5.41, 5.74) is 1.11. The van der Waals surface area contributed by atoms with Crippen LogP contribution in [0.1, 0.15) is 26.7 Å². The van der Waals surface area contributed by atoms with E-state index in [1.807, 2.05) is 19.9 Å². The molecule has 0 atom stereocenters. The van der Waals surface area contributed by atoms with Crippen molar-refractivity contribution < 1.29 is 9.16 Å². The maximum atomic E-state index is 5.85. The predicted octanol–water partition coefficient (Wildman–Crippen LogP) is 4.07. The summed E-state index contributed by atoms with van der Waals surface area (Å²) in [6.45, 7) is 14.9. The van der Waals surface area contributed by atoms with Gasteiger partial charge in [-0.15, -0.1) is 6.58 Å². The molecule has 3 heteroatoms. The fraction of sp³-hybridized carbons (Fsp3) is 0.667. The molecule has 0 rings (SSSR count). The van der Waals surface area contributed by atoms with Gasteiger partial charge in [0.25, 0.3) is 5.95 Å². The van der Waals surface area contributed by atoms with E-state index in [-0.39, 0.29) is 0 Å². The number of ether oxygens (including phenoxy) is 1. The normalized spacial score (nSPS) is 10.7. The molecule has 15 heavy (non-hydrogen) atoms. The Hall–Kier alpha value is -0.703. The molecule has 88 valence electrons. The summed E-state index contributed by atoms with van der Waals surface area (Å²) in [6, 6.07) is 0. The average molecular weight is 228 g/mol. The van der Waals surface area contributed by atoms with Crippen molar-refractivity contribution in [1.82, 2.24) is 0 Å². The molecule has 0 unspecified atom stereocenters. The molecule has 0 fully saturated rings. The summed E-state index contributed by atoms with van der Waals surface area (Å²) in [7, 11) is -1.55. The molecule has 2 nitrogen and oxygen atoms in total. The second-order valence-electron chi connectivity index (χ2n) is 4.78. The Morgan fingerprint density at radius 1 is 1.27 bits per heavy atom. The largest absolute Gasteiger partial charge is 0.520 e. The number of unbranched alkanes of at least 4 members (excludes halogenated alkanes) is 1. The molecule has 0 aromatic rings. The first kappa shape index (κ1) is 14.3. The highest BCUT2D eigenvalue weighted by Gasteiger charge is 2.19.